The number of amides is 2. The predicted molar refractivity (Wildman–Crippen MR) is 116 cm³/mol. The number of nitrogens with two attached hydrogens (primary N) is 1. The average Bonchev–Trinajstić information content (AvgIpc) is 2.72. The van der Waals surface area contributed by atoms with E-state index in [0.717, 1.165) is 5.56 Å². The molecule has 2 aromatic rings. The molecule has 1 fully saturated rings. The minimum Gasteiger partial charge on any atom is -0.384 e. The van der Waals surface area contributed by atoms with Gasteiger partial charge in [0.05, 0.1) is 6.61 Å². The zero-order chi connectivity index (χ0) is 21.0. The van der Waals surface area contributed by atoms with E-state index in [4.69, 9.17) is 15.9 Å². The Morgan fingerprint density at radius 2 is 1.90 bits per heavy atom. The van der Waals surface area contributed by atoms with E-state index in [1.807, 2.05) is 30.3 Å². The third kappa shape index (κ3) is 4.79. The molecule has 0 aliphatic carbocycles. The summed E-state index contributed by atoms with van der Waals surface area (Å²) in [5, 5.41) is 20.9. The highest BCUT2D eigenvalue weighted by Crippen LogP contribution is 2.29. The molecule has 0 spiro atoms. The molecule has 0 aromatic heterocycles. The molecule has 1 aliphatic rings. The number of nitrogens with zero attached hydrogens (tertiary/aromatic N) is 1. The normalized spacial score (nSPS) is 19.5. The highest BCUT2D eigenvalue weighted by Gasteiger charge is 2.53. The van der Waals surface area contributed by atoms with Crippen LogP contribution in [0.4, 0.5) is 5.69 Å². The lowest BCUT2D eigenvalue weighted by molar-refractivity contribution is -0.190. The molecule has 1 unspecified atom stereocenters. The monoisotopic (exact) mass is 432 g/mol. The van der Waals surface area contributed by atoms with Crippen molar-refractivity contribution in [2.24, 2.45) is 5.73 Å². The Labute approximate surface area is 180 Å². The number of carbonyl (C=O) groups excluding carboxylic acids is 2. The molecule has 2 atom stereocenters. The van der Waals surface area contributed by atoms with Crippen LogP contribution in [-0.4, -0.2) is 59.6 Å². The number of nitrogens with one attached hydrogen (secondary N) is 2. The number of hydrogen-bond donors (Lipinski definition) is 4. The summed E-state index contributed by atoms with van der Waals surface area (Å²) < 4.78 is 5.78. The number of nitrogen functional groups attached to an aromatic ring is 1. The maximum Gasteiger partial charge on any atom is 0.258 e. The first-order chi connectivity index (χ1) is 13.8. The van der Waals surface area contributed by atoms with Gasteiger partial charge in [-0.15, -0.1) is 12.4 Å². The maximum atomic E-state index is 13.0. The number of anilines is 1. The highest BCUT2D eigenvalue weighted by atomic mass is 35.5. The van der Waals surface area contributed by atoms with Gasteiger partial charge in [0.25, 0.3) is 11.8 Å². The standard InChI is InChI=1S/C21H24N4O4.ClH/c1-25-11-12-29-21(20(25)28,13-14-5-3-2-4-6-14)17(26)19(27)24-16-9-7-15(8-10-16)18(22)23;/h2-10,17,26H,11-13H2,1H3,(H3,22,23)(H,24,27);1H/t17?,21-;/m1./s1. The van der Waals surface area contributed by atoms with Gasteiger partial charge < -0.3 is 25.8 Å². The summed E-state index contributed by atoms with van der Waals surface area (Å²) in [5.41, 5.74) is 5.41. The molecule has 1 saturated heterocycles. The topological polar surface area (TPSA) is 129 Å². The van der Waals surface area contributed by atoms with E-state index >= 15 is 0 Å². The van der Waals surface area contributed by atoms with Gasteiger partial charge in [0.2, 0.25) is 0 Å². The number of amidine groups is 1. The molecular formula is C21H25ClN4O4. The molecular weight excluding hydrogens is 408 g/mol. The number of likely N-dealkylation sites (N-methyl/N-ethyl adjacent to an activating group) is 1. The summed E-state index contributed by atoms with van der Waals surface area (Å²) in [6.45, 7) is 0.600. The first-order valence-electron chi connectivity index (χ1n) is 9.20. The van der Waals surface area contributed by atoms with E-state index in [0.29, 0.717) is 17.8 Å². The second kappa shape index (κ2) is 9.71. The summed E-state index contributed by atoms with van der Waals surface area (Å²) in [6.07, 6.45) is -1.65. The third-order valence-corrected chi connectivity index (χ3v) is 4.96. The summed E-state index contributed by atoms with van der Waals surface area (Å²) in [5.74, 6) is -1.28. The zero-order valence-corrected chi connectivity index (χ0v) is 17.3. The fourth-order valence-electron chi connectivity index (χ4n) is 3.32. The molecule has 0 saturated carbocycles. The minimum atomic E-state index is -1.72. The van der Waals surface area contributed by atoms with Gasteiger partial charge in [0, 0.05) is 31.3 Å². The van der Waals surface area contributed by atoms with E-state index in [1.165, 1.54) is 4.90 Å². The lowest BCUT2D eigenvalue weighted by atomic mass is 9.85. The van der Waals surface area contributed by atoms with Gasteiger partial charge >= 0.3 is 0 Å². The van der Waals surface area contributed by atoms with Crippen LogP contribution in [0.1, 0.15) is 11.1 Å². The van der Waals surface area contributed by atoms with Crippen molar-refractivity contribution in [3.8, 4) is 0 Å². The molecule has 2 amide bonds. The number of aliphatic hydroxyl groups is 1. The van der Waals surface area contributed by atoms with Crippen molar-refractivity contribution >= 4 is 35.7 Å². The van der Waals surface area contributed by atoms with Crippen LogP contribution in [0.3, 0.4) is 0 Å². The Morgan fingerprint density at radius 3 is 2.50 bits per heavy atom. The minimum absolute atomic E-state index is 0. The van der Waals surface area contributed by atoms with E-state index in [2.05, 4.69) is 5.32 Å². The first kappa shape index (κ1) is 23.3. The van der Waals surface area contributed by atoms with Crippen molar-refractivity contribution in [2.45, 2.75) is 18.1 Å². The number of rotatable bonds is 6. The fourth-order valence-corrected chi connectivity index (χ4v) is 3.32. The Bertz CT molecular complexity index is 907. The van der Waals surface area contributed by atoms with Gasteiger partial charge in [-0.2, -0.15) is 0 Å². The summed E-state index contributed by atoms with van der Waals surface area (Å²) in [7, 11) is 1.62. The Balaban J connectivity index is 0.00000320. The van der Waals surface area contributed by atoms with E-state index in [1.54, 1.807) is 31.3 Å². The largest absolute Gasteiger partial charge is 0.384 e. The smallest absolute Gasteiger partial charge is 0.258 e. The Kier molecular flexibility index (Phi) is 7.55. The number of benzene rings is 2. The molecule has 3 rings (SSSR count). The molecule has 5 N–H and O–H groups in total. The van der Waals surface area contributed by atoms with Crippen LogP contribution in [0.15, 0.2) is 54.6 Å². The second-order valence-electron chi connectivity index (χ2n) is 7.01. The van der Waals surface area contributed by atoms with Gasteiger partial charge in [-0.05, 0) is 29.8 Å². The molecule has 30 heavy (non-hydrogen) atoms. The van der Waals surface area contributed by atoms with Crippen LogP contribution < -0.4 is 11.1 Å². The number of halogens is 1. The number of carbonyl (C=O) groups is 2. The second-order valence-corrected chi connectivity index (χ2v) is 7.01. The van der Waals surface area contributed by atoms with Gasteiger partial charge in [0.15, 0.2) is 11.7 Å². The van der Waals surface area contributed by atoms with E-state index in [9.17, 15) is 14.7 Å². The molecule has 8 nitrogen and oxygen atoms in total. The SMILES string of the molecule is CN1CCO[C@](Cc2ccccc2)(C(O)C(=O)Nc2ccc(C(=N)N)cc2)C1=O.Cl. The van der Waals surface area contributed by atoms with Crippen molar-refractivity contribution in [1.82, 2.24) is 4.90 Å². The molecule has 1 heterocycles. The summed E-state index contributed by atoms with van der Waals surface area (Å²) in [6, 6.07) is 15.4. The Morgan fingerprint density at radius 1 is 1.27 bits per heavy atom. The van der Waals surface area contributed by atoms with Gasteiger partial charge in [-0.25, -0.2) is 0 Å². The first-order valence-corrected chi connectivity index (χ1v) is 9.20. The van der Waals surface area contributed by atoms with E-state index in [-0.39, 0.29) is 31.3 Å². The van der Waals surface area contributed by atoms with Crippen molar-refractivity contribution < 1.29 is 19.4 Å². The van der Waals surface area contributed by atoms with Gasteiger partial charge in [0.1, 0.15) is 5.84 Å². The van der Waals surface area contributed by atoms with Crippen molar-refractivity contribution in [2.75, 3.05) is 25.5 Å². The van der Waals surface area contributed by atoms with Crippen molar-refractivity contribution in [3.05, 3.63) is 65.7 Å². The molecule has 0 bridgehead atoms. The Hall–Kier alpha value is -2.94. The molecule has 160 valence electrons. The maximum absolute atomic E-state index is 13.0. The molecule has 2 aromatic carbocycles. The quantitative estimate of drug-likeness (QED) is 0.402. The van der Waals surface area contributed by atoms with Crippen LogP contribution in [0, 0.1) is 5.41 Å². The van der Waals surface area contributed by atoms with Crippen molar-refractivity contribution in [3.63, 3.8) is 0 Å². The highest BCUT2D eigenvalue weighted by molar-refractivity contribution is 6.01. The van der Waals surface area contributed by atoms with Crippen molar-refractivity contribution in [1.29, 1.82) is 5.41 Å². The van der Waals surface area contributed by atoms with Crippen LogP contribution in [-0.2, 0) is 20.7 Å². The summed E-state index contributed by atoms with van der Waals surface area (Å²) >= 11 is 0. The lowest BCUT2D eigenvalue weighted by Crippen LogP contribution is -2.65. The van der Waals surface area contributed by atoms with Crippen LogP contribution in [0.5, 0.6) is 0 Å². The van der Waals surface area contributed by atoms with Crippen LogP contribution in [0.25, 0.3) is 0 Å². The summed E-state index contributed by atoms with van der Waals surface area (Å²) in [4.78, 5) is 27.3. The number of ether oxygens (including phenoxy) is 1. The lowest BCUT2D eigenvalue weighted by Gasteiger charge is -2.42. The van der Waals surface area contributed by atoms with Crippen LogP contribution in [0.2, 0.25) is 0 Å². The zero-order valence-electron chi connectivity index (χ0n) is 16.5. The number of hydrogen-bond acceptors (Lipinski definition) is 5. The van der Waals surface area contributed by atoms with Crippen LogP contribution >= 0.6 is 12.4 Å². The van der Waals surface area contributed by atoms with E-state index < -0.39 is 23.5 Å². The molecule has 0 radical (unpaired) electrons. The molecule has 1 aliphatic heterocycles. The van der Waals surface area contributed by atoms with Gasteiger partial charge in [-0.1, -0.05) is 30.3 Å². The fraction of sp³-hybridized carbons (Fsp3) is 0.286. The van der Waals surface area contributed by atoms with Gasteiger partial charge in [-0.3, -0.25) is 15.0 Å². The molecule has 9 heteroatoms. The number of morpholine rings is 1. The third-order valence-electron chi connectivity index (χ3n) is 4.96. The predicted octanol–water partition coefficient (Wildman–Crippen LogP) is 1.16. The number of aliphatic hydroxyl groups excluding tert-OH is 1. The average molecular weight is 433 g/mol.